The van der Waals surface area contributed by atoms with Gasteiger partial charge in [-0.05, 0) is 29.5 Å². The van der Waals surface area contributed by atoms with Crippen LogP contribution in [0.2, 0.25) is 5.28 Å². The van der Waals surface area contributed by atoms with Crippen molar-refractivity contribution < 1.29 is 5.11 Å². The van der Waals surface area contributed by atoms with Gasteiger partial charge in [-0.25, -0.2) is 4.98 Å². The lowest BCUT2D eigenvalue weighted by Gasteiger charge is -2.22. The van der Waals surface area contributed by atoms with Crippen molar-refractivity contribution >= 4 is 39.0 Å². The third-order valence-corrected chi connectivity index (χ3v) is 3.42. The van der Waals surface area contributed by atoms with Crippen LogP contribution >= 0.6 is 22.9 Å². The Morgan fingerprint density at radius 1 is 1.41 bits per heavy atom. The number of thiophene rings is 1. The quantitative estimate of drug-likeness (QED) is 0.849. The first-order chi connectivity index (χ1) is 8.26. The van der Waals surface area contributed by atoms with Gasteiger partial charge in [0.2, 0.25) is 5.28 Å². The highest BCUT2D eigenvalue weighted by Gasteiger charge is 2.13. The van der Waals surface area contributed by atoms with Crippen molar-refractivity contribution in [1.82, 2.24) is 9.97 Å². The molecule has 0 radical (unpaired) electrons. The van der Waals surface area contributed by atoms with Gasteiger partial charge in [-0.2, -0.15) is 4.98 Å². The van der Waals surface area contributed by atoms with Crippen LogP contribution in [-0.2, 0) is 0 Å². The highest BCUT2D eigenvalue weighted by atomic mass is 35.5. The lowest BCUT2D eigenvalue weighted by atomic mass is 10.3. The maximum Gasteiger partial charge on any atom is 0.225 e. The molecule has 0 spiro atoms. The van der Waals surface area contributed by atoms with Gasteiger partial charge in [-0.15, -0.1) is 11.3 Å². The van der Waals surface area contributed by atoms with Crippen molar-refractivity contribution in [1.29, 1.82) is 0 Å². The minimum atomic E-state index is 0.104. The molecular weight excluding hydrogens is 258 g/mol. The molecule has 0 bridgehead atoms. The summed E-state index contributed by atoms with van der Waals surface area (Å²) in [6, 6.07) is 1.99. The van der Waals surface area contributed by atoms with E-state index >= 15 is 0 Å². The molecule has 0 unspecified atom stereocenters. The van der Waals surface area contributed by atoms with E-state index in [1.54, 1.807) is 11.3 Å². The Hall–Kier alpha value is -0.910. The molecule has 2 aromatic rings. The fourth-order valence-electron chi connectivity index (χ4n) is 1.77. The molecule has 6 heteroatoms. The molecule has 0 aliphatic rings. The molecule has 0 atom stereocenters. The first-order valence-corrected chi connectivity index (χ1v) is 6.78. The van der Waals surface area contributed by atoms with Crippen LogP contribution in [0.5, 0.6) is 0 Å². The van der Waals surface area contributed by atoms with Gasteiger partial charge in [0.1, 0.15) is 10.6 Å². The molecule has 2 aromatic heterocycles. The van der Waals surface area contributed by atoms with E-state index < -0.39 is 0 Å². The molecular formula is C11H14ClN3OS. The molecule has 92 valence electrons. The van der Waals surface area contributed by atoms with Crippen LogP contribution in [0.15, 0.2) is 11.4 Å². The van der Waals surface area contributed by atoms with Gasteiger partial charge in [-0.1, -0.05) is 6.92 Å². The van der Waals surface area contributed by atoms with Gasteiger partial charge >= 0.3 is 0 Å². The number of aromatic nitrogens is 2. The van der Waals surface area contributed by atoms with Crippen LogP contribution in [-0.4, -0.2) is 34.8 Å². The van der Waals surface area contributed by atoms with Crippen molar-refractivity contribution in [2.45, 2.75) is 13.3 Å². The molecule has 1 N–H and O–H groups in total. The molecule has 2 heterocycles. The predicted molar refractivity (Wildman–Crippen MR) is 72.0 cm³/mol. The molecule has 0 fully saturated rings. The summed E-state index contributed by atoms with van der Waals surface area (Å²) in [7, 11) is 0. The van der Waals surface area contributed by atoms with Crippen molar-refractivity contribution in [2.24, 2.45) is 0 Å². The Bertz CT molecular complexity index is 496. The number of halogens is 1. The van der Waals surface area contributed by atoms with Gasteiger partial charge in [-0.3, -0.25) is 0 Å². The molecule has 0 amide bonds. The molecule has 0 aromatic carbocycles. The second-order valence-electron chi connectivity index (χ2n) is 3.67. The van der Waals surface area contributed by atoms with Crippen molar-refractivity contribution in [3.63, 3.8) is 0 Å². The molecule has 0 saturated heterocycles. The predicted octanol–water partition coefficient (Wildman–Crippen LogP) is 2.55. The number of anilines is 1. The average molecular weight is 272 g/mol. The van der Waals surface area contributed by atoms with Gasteiger partial charge in [0.05, 0.1) is 12.0 Å². The van der Waals surface area contributed by atoms with Gasteiger partial charge in [0, 0.05) is 13.1 Å². The summed E-state index contributed by atoms with van der Waals surface area (Å²) in [4.78, 5) is 11.4. The molecule has 0 saturated carbocycles. The van der Waals surface area contributed by atoms with E-state index in [0.29, 0.717) is 6.54 Å². The zero-order chi connectivity index (χ0) is 12.3. The summed E-state index contributed by atoms with van der Waals surface area (Å²) in [6.45, 7) is 3.61. The van der Waals surface area contributed by atoms with Gasteiger partial charge < -0.3 is 10.0 Å². The Balaban J connectivity index is 2.46. The largest absolute Gasteiger partial charge is 0.395 e. The number of rotatable bonds is 5. The smallest absolute Gasteiger partial charge is 0.225 e. The fourth-order valence-corrected chi connectivity index (χ4v) is 2.74. The van der Waals surface area contributed by atoms with E-state index in [1.807, 2.05) is 16.3 Å². The van der Waals surface area contributed by atoms with Crippen LogP contribution in [0.1, 0.15) is 13.3 Å². The number of hydrogen-bond acceptors (Lipinski definition) is 5. The van der Waals surface area contributed by atoms with E-state index in [4.69, 9.17) is 16.7 Å². The molecule has 0 aliphatic heterocycles. The Morgan fingerprint density at radius 3 is 2.94 bits per heavy atom. The van der Waals surface area contributed by atoms with Crippen LogP contribution in [0, 0.1) is 0 Å². The summed E-state index contributed by atoms with van der Waals surface area (Å²) in [5.74, 6) is 0.817. The number of nitrogens with zero attached hydrogens (tertiary/aromatic N) is 3. The number of aliphatic hydroxyl groups is 1. The molecule has 0 aliphatic carbocycles. The van der Waals surface area contributed by atoms with Gasteiger partial charge in [0.25, 0.3) is 0 Å². The van der Waals surface area contributed by atoms with Crippen molar-refractivity contribution in [3.05, 3.63) is 16.7 Å². The number of fused-ring (bicyclic) bond motifs is 1. The van der Waals surface area contributed by atoms with E-state index in [9.17, 15) is 0 Å². The van der Waals surface area contributed by atoms with E-state index in [2.05, 4.69) is 16.9 Å². The average Bonchev–Trinajstić information content (AvgIpc) is 2.75. The SMILES string of the molecule is CCCN(CCO)c1nc(Cl)nc2sccc12. The lowest BCUT2D eigenvalue weighted by Crippen LogP contribution is -2.28. The van der Waals surface area contributed by atoms with Crippen LogP contribution in [0.4, 0.5) is 5.82 Å². The topological polar surface area (TPSA) is 49.2 Å². The van der Waals surface area contributed by atoms with Crippen molar-refractivity contribution in [3.8, 4) is 0 Å². The monoisotopic (exact) mass is 271 g/mol. The Labute approximate surface area is 109 Å². The zero-order valence-electron chi connectivity index (χ0n) is 9.56. The van der Waals surface area contributed by atoms with Crippen molar-refractivity contribution in [2.75, 3.05) is 24.6 Å². The normalized spacial score (nSPS) is 11.0. The summed E-state index contributed by atoms with van der Waals surface area (Å²) in [5, 5.41) is 12.3. The third kappa shape index (κ3) is 2.68. The number of hydrogen-bond donors (Lipinski definition) is 1. The first-order valence-electron chi connectivity index (χ1n) is 5.52. The fraction of sp³-hybridized carbons (Fsp3) is 0.455. The molecule has 2 rings (SSSR count). The van der Waals surface area contributed by atoms with Crippen LogP contribution < -0.4 is 4.90 Å². The molecule has 4 nitrogen and oxygen atoms in total. The summed E-state index contributed by atoms with van der Waals surface area (Å²) < 4.78 is 0. The first kappa shape index (κ1) is 12.5. The second-order valence-corrected chi connectivity index (χ2v) is 4.90. The second kappa shape index (κ2) is 5.62. The van der Waals surface area contributed by atoms with Gasteiger partial charge in [0.15, 0.2) is 0 Å². The zero-order valence-corrected chi connectivity index (χ0v) is 11.1. The maximum atomic E-state index is 9.10. The Kier molecular flexibility index (Phi) is 4.15. The molecule has 17 heavy (non-hydrogen) atoms. The maximum absolute atomic E-state index is 9.10. The summed E-state index contributed by atoms with van der Waals surface area (Å²) in [5.41, 5.74) is 0. The Morgan fingerprint density at radius 2 is 2.24 bits per heavy atom. The van der Waals surface area contributed by atoms with E-state index in [1.165, 1.54) is 0 Å². The minimum Gasteiger partial charge on any atom is -0.395 e. The van der Waals surface area contributed by atoms with E-state index in [0.717, 1.165) is 29.0 Å². The summed E-state index contributed by atoms with van der Waals surface area (Å²) in [6.07, 6.45) is 0.993. The van der Waals surface area contributed by atoms with Crippen LogP contribution in [0.25, 0.3) is 10.2 Å². The minimum absolute atomic E-state index is 0.104. The third-order valence-electron chi connectivity index (χ3n) is 2.44. The standard InChI is InChI=1S/C11H14ClN3OS/c1-2-4-15(5-6-16)9-8-3-7-17-10(8)14-11(12)13-9/h3,7,16H,2,4-6H2,1H3. The van der Waals surface area contributed by atoms with E-state index in [-0.39, 0.29) is 11.9 Å². The van der Waals surface area contributed by atoms with Crippen LogP contribution in [0.3, 0.4) is 0 Å². The lowest BCUT2D eigenvalue weighted by molar-refractivity contribution is 0.301. The highest BCUT2D eigenvalue weighted by Crippen LogP contribution is 2.28. The summed E-state index contributed by atoms with van der Waals surface area (Å²) >= 11 is 7.46. The number of aliphatic hydroxyl groups excluding tert-OH is 1. The highest BCUT2D eigenvalue weighted by molar-refractivity contribution is 7.16.